The van der Waals surface area contributed by atoms with Gasteiger partial charge in [-0.3, -0.25) is 10.0 Å². The lowest BCUT2D eigenvalue weighted by atomic mass is 9.98. The highest BCUT2D eigenvalue weighted by molar-refractivity contribution is 7.93. The summed E-state index contributed by atoms with van der Waals surface area (Å²) in [5.74, 6) is -0.759. The lowest BCUT2D eigenvalue weighted by Crippen LogP contribution is -2.54. The predicted molar refractivity (Wildman–Crippen MR) is 130 cm³/mol. The van der Waals surface area contributed by atoms with Crippen molar-refractivity contribution in [1.82, 2.24) is 5.48 Å². The molecule has 192 valence electrons. The lowest BCUT2D eigenvalue weighted by molar-refractivity contribution is -0.134. The summed E-state index contributed by atoms with van der Waals surface area (Å²) in [5.41, 5.74) is 1.52. The Morgan fingerprint density at radius 3 is 2.20 bits per heavy atom. The third-order valence-corrected chi connectivity index (χ3v) is 10.4. The van der Waals surface area contributed by atoms with Crippen molar-refractivity contribution in [3.8, 4) is 5.75 Å². The quantitative estimate of drug-likeness (QED) is 0.357. The molecule has 0 unspecified atom stereocenters. The third kappa shape index (κ3) is 6.40. The predicted octanol–water partition coefficient (Wildman–Crippen LogP) is 2.53. The van der Waals surface area contributed by atoms with E-state index in [9.17, 15) is 21.6 Å². The highest BCUT2D eigenvalue weighted by Gasteiger charge is 2.52. The number of sulfone groups is 2. The van der Waals surface area contributed by atoms with Crippen molar-refractivity contribution in [3.63, 3.8) is 0 Å². The molecule has 0 radical (unpaired) electrons. The molecule has 2 N–H and O–H groups in total. The van der Waals surface area contributed by atoms with Crippen LogP contribution in [0.15, 0.2) is 59.5 Å². The molecule has 0 aromatic heterocycles. The van der Waals surface area contributed by atoms with Crippen LogP contribution < -0.4 is 10.2 Å². The van der Waals surface area contributed by atoms with Crippen LogP contribution in [0.3, 0.4) is 0 Å². The largest absolute Gasteiger partial charge is 0.493 e. The average Bonchev–Trinajstić information content (AvgIpc) is 2.82. The van der Waals surface area contributed by atoms with Crippen LogP contribution in [0.25, 0.3) is 0 Å². The highest BCUT2D eigenvalue weighted by atomic mass is 32.2. The summed E-state index contributed by atoms with van der Waals surface area (Å²) in [6, 6.07) is 14.6. The molecule has 0 bridgehead atoms. The Bertz CT molecular complexity index is 1220. The first-order valence-electron chi connectivity index (χ1n) is 11.1. The Morgan fingerprint density at radius 1 is 1.03 bits per heavy atom. The van der Waals surface area contributed by atoms with Crippen LogP contribution in [0, 0.1) is 5.41 Å². The fourth-order valence-electron chi connectivity index (χ4n) is 4.16. The van der Waals surface area contributed by atoms with E-state index in [1.807, 2.05) is 6.07 Å². The second-order valence-electron chi connectivity index (χ2n) is 9.49. The minimum absolute atomic E-state index is 0.0575. The van der Waals surface area contributed by atoms with Crippen LogP contribution in [-0.4, -0.2) is 58.3 Å². The van der Waals surface area contributed by atoms with Gasteiger partial charge in [0.15, 0.2) is 24.4 Å². The molecular weight excluding hydrogens is 494 g/mol. The van der Waals surface area contributed by atoms with Gasteiger partial charge < -0.3 is 9.47 Å². The maximum Gasteiger partial charge on any atom is 0.265 e. The zero-order chi connectivity index (χ0) is 25.7. The second-order valence-corrected chi connectivity index (χ2v) is 13.8. The molecule has 3 rings (SSSR count). The zero-order valence-electron chi connectivity index (χ0n) is 19.8. The molecule has 11 heteroatoms. The number of carbonyl (C=O) groups is 1. The van der Waals surface area contributed by atoms with Crippen LogP contribution in [0.2, 0.25) is 0 Å². The van der Waals surface area contributed by atoms with Gasteiger partial charge in [0.1, 0.15) is 5.75 Å². The number of hydroxylamine groups is 1. The number of rotatable bonds is 10. The van der Waals surface area contributed by atoms with Crippen LogP contribution in [0.5, 0.6) is 5.75 Å². The van der Waals surface area contributed by atoms with Crippen LogP contribution >= 0.6 is 0 Å². The van der Waals surface area contributed by atoms with Gasteiger partial charge in [0.05, 0.1) is 23.0 Å². The van der Waals surface area contributed by atoms with Gasteiger partial charge >= 0.3 is 0 Å². The summed E-state index contributed by atoms with van der Waals surface area (Å²) >= 11 is 0. The van der Waals surface area contributed by atoms with Crippen molar-refractivity contribution in [1.29, 1.82) is 0 Å². The average molecular weight is 526 g/mol. The Balaban J connectivity index is 1.68. The molecule has 0 atom stereocenters. The van der Waals surface area contributed by atoms with Crippen molar-refractivity contribution in [2.45, 2.75) is 42.1 Å². The fraction of sp³-hybridized carbons (Fsp3) is 0.458. The minimum Gasteiger partial charge on any atom is -0.493 e. The summed E-state index contributed by atoms with van der Waals surface area (Å²) in [6.45, 7) is 3.83. The van der Waals surface area contributed by atoms with Gasteiger partial charge in [-0.25, -0.2) is 22.3 Å². The standard InChI is InChI=1S/C24H31NO8S2/c1-23(2,18-34(28,29)16-19-6-4-3-5-7-19)17-33-20-8-10-21(11-9-20)35(30,31)24(22(26)25-27)12-14-32-15-13-24/h3-11,27H,12-18H2,1-2H3,(H,25,26). The molecule has 2 aromatic rings. The van der Waals surface area contributed by atoms with Crippen molar-refractivity contribution >= 4 is 25.6 Å². The summed E-state index contributed by atoms with van der Waals surface area (Å²) < 4.78 is 61.1. The van der Waals surface area contributed by atoms with Crippen molar-refractivity contribution in [2.24, 2.45) is 5.41 Å². The monoisotopic (exact) mass is 525 g/mol. The van der Waals surface area contributed by atoms with E-state index in [1.165, 1.54) is 29.7 Å². The Hall–Kier alpha value is -2.47. The molecule has 1 saturated heterocycles. The molecule has 1 amide bonds. The molecule has 1 heterocycles. The molecule has 1 aliphatic rings. The normalized spacial score (nSPS) is 16.4. The highest BCUT2D eigenvalue weighted by Crippen LogP contribution is 2.36. The van der Waals surface area contributed by atoms with Gasteiger partial charge in [-0.1, -0.05) is 44.2 Å². The van der Waals surface area contributed by atoms with E-state index >= 15 is 0 Å². The number of amides is 1. The SMILES string of the molecule is CC(C)(COc1ccc(S(=O)(=O)C2(C(=O)NO)CCOCC2)cc1)CS(=O)(=O)Cc1ccccc1. The third-order valence-electron chi connectivity index (χ3n) is 5.93. The molecular formula is C24H31NO8S2. The minimum atomic E-state index is -4.14. The first-order valence-corrected chi connectivity index (χ1v) is 14.5. The first-order chi connectivity index (χ1) is 16.4. The van der Waals surface area contributed by atoms with Crippen LogP contribution in [0.1, 0.15) is 32.3 Å². The van der Waals surface area contributed by atoms with Gasteiger partial charge in [0.2, 0.25) is 0 Å². The number of carbonyl (C=O) groups excluding carboxylic acids is 1. The van der Waals surface area contributed by atoms with Crippen LogP contribution in [-0.2, 0) is 35.0 Å². The maximum absolute atomic E-state index is 13.3. The van der Waals surface area contributed by atoms with Crippen molar-refractivity contribution < 1.29 is 36.3 Å². The van der Waals surface area contributed by atoms with Crippen molar-refractivity contribution in [3.05, 3.63) is 60.2 Å². The molecule has 0 aliphatic carbocycles. The van der Waals surface area contributed by atoms with Gasteiger partial charge in [-0.05, 0) is 42.7 Å². The van der Waals surface area contributed by atoms with E-state index < -0.39 is 35.7 Å². The molecule has 0 spiro atoms. The first kappa shape index (κ1) is 27.1. The molecule has 9 nitrogen and oxygen atoms in total. The van der Waals surface area contributed by atoms with E-state index in [1.54, 1.807) is 38.1 Å². The summed E-state index contributed by atoms with van der Waals surface area (Å²) in [5, 5.41) is 9.15. The lowest BCUT2D eigenvalue weighted by Gasteiger charge is -2.34. The molecule has 35 heavy (non-hydrogen) atoms. The van der Waals surface area contributed by atoms with E-state index in [-0.39, 0.29) is 49.1 Å². The summed E-state index contributed by atoms with van der Waals surface area (Å²) in [4.78, 5) is 12.3. The number of hydrogen-bond acceptors (Lipinski definition) is 8. The number of benzene rings is 2. The number of ether oxygens (including phenoxy) is 2. The maximum atomic E-state index is 13.3. The van der Waals surface area contributed by atoms with E-state index in [0.29, 0.717) is 5.75 Å². The number of nitrogens with one attached hydrogen (secondary N) is 1. The van der Waals surface area contributed by atoms with Crippen LogP contribution in [0.4, 0.5) is 0 Å². The molecule has 1 fully saturated rings. The Kier molecular flexibility index (Phi) is 8.25. The van der Waals surface area contributed by atoms with Gasteiger partial charge in [0, 0.05) is 18.6 Å². The van der Waals surface area contributed by atoms with Crippen molar-refractivity contribution in [2.75, 3.05) is 25.6 Å². The summed E-state index contributed by atoms with van der Waals surface area (Å²) in [6.07, 6.45) is -0.156. The summed E-state index contributed by atoms with van der Waals surface area (Å²) in [7, 11) is -7.52. The molecule has 0 saturated carbocycles. The van der Waals surface area contributed by atoms with E-state index in [2.05, 4.69) is 0 Å². The van der Waals surface area contributed by atoms with E-state index in [0.717, 1.165) is 5.56 Å². The Labute approximate surface area is 206 Å². The zero-order valence-corrected chi connectivity index (χ0v) is 21.4. The second kappa shape index (κ2) is 10.7. The van der Waals surface area contributed by atoms with Gasteiger partial charge in [0.25, 0.3) is 5.91 Å². The topological polar surface area (TPSA) is 136 Å². The van der Waals surface area contributed by atoms with Gasteiger partial charge in [-0.2, -0.15) is 0 Å². The van der Waals surface area contributed by atoms with Gasteiger partial charge in [-0.15, -0.1) is 0 Å². The Morgan fingerprint density at radius 2 is 1.63 bits per heavy atom. The number of hydrogen-bond donors (Lipinski definition) is 2. The smallest absolute Gasteiger partial charge is 0.265 e. The fourth-order valence-corrected chi connectivity index (χ4v) is 8.17. The van der Waals surface area contributed by atoms with E-state index in [4.69, 9.17) is 14.7 Å². The molecule has 1 aliphatic heterocycles. The molecule has 2 aromatic carbocycles.